The summed E-state index contributed by atoms with van der Waals surface area (Å²) in [5.74, 6) is -12.2. The van der Waals surface area contributed by atoms with Crippen LogP contribution in [0.15, 0.2) is 12.4 Å². The first-order valence-electron chi connectivity index (χ1n) is 7.58. The molecule has 0 aromatic carbocycles. The van der Waals surface area contributed by atoms with E-state index in [-0.39, 0.29) is 6.67 Å². The number of hydrogen-bond donors (Lipinski definition) is 0. The van der Waals surface area contributed by atoms with Gasteiger partial charge >= 0.3 is 18.0 Å². The molecule has 16 heteroatoms. The fourth-order valence-electron chi connectivity index (χ4n) is 1.44. The molecule has 1 aliphatic heterocycles. The molecule has 0 saturated carbocycles. The van der Waals surface area contributed by atoms with Gasteiger partial charge in [-0.05, 0) is 6.92 Å². The van der Waals surface area contributed by atoms with E-state index in [1.54, 1.807) is 11.1 Å². The molecule has 0 fully saturated rings. The summed E-state index contributed by atoms with van der Waals surface area (Å²) in [6.45, 7) is -3.52. The van der Waals surface area contributed by atoms with Crippen molar-refractivity contribution in [2.45, 2.75) is 37.2 Å². The summed E-state index contributed by atoms with van der Waals surface area (Å²) in [5, 5.41) is 0.625. The standard InChI is InChI=1S/C7H6F10O.C4H7FN2.C2H5F.CH3F/c8-1-3(10)5(11,12)6(13,14)4(18-2-9)7(15,16)17;1-6-2-3-7(5)4-6;1-2-3;1-2/h3-4H,1-2H2;2-3H,4H2,1H3;2H2,1H3;1H3. The summed E-state index contributed by atoms with van der Waals surface area (Å²) in [6.07, 6.45) is -11.8. The first kappa shape index (κ1) is 33.0. The fourth-order valence-corrected chi connectivity index (χ4v) is 1.44. The Morgan fingerprint density at radius 1 is 0.933 bits per heavy atom. The summed E-state index contributed by atoms with van der Waals surface area (Å²) < 4.78 is 157. The largest absolute Gasteiger partial charge is 0.420 e. The smallest absolute Gasteiger partial charge is 0.359 e. The molecule has 0 spiro atoms. The van der Waals surface area contributed by atoms with Gasteiger partial charge in [0.2, 0.25) is 6.10 Å². The van der Waals surface area contributed by atoms with Crippen molar-refractivity contribution in [2.75, 3.05) is 41.1 Å². The Hall–Kier alpha value is -1.61. The Labute approximate surface area is 164 Å². The number of rotatable bonds is 6. The second-order valence-corrected chi connectivity index (χ2v) is 4.93. The molecule has 0 saturated heterocycles. The number of ether oxygens (including phenoxy) is 1. The lowest BCUT2D eigenvalue weighted by Crippen LogP contribution is -2.60. The van der Waals surface area contributed by atoms with Crippen LogP contribution in [0.5, 0.6) is 0 Å². The fraction of sp³-hybridized carbons (Fsp3) is 0.857. The van der Waals surface area contributed by atoms with Gasteiger partial charge in [-0.15, -0.1) is 0 Å². The van der Waals surface area contributed by atoms with Crippen molar-refractivity contribution >= 4 is 0 Å². The molecule has 0 aliphatic carbocycles. The first-order valence-corrected chi connectivity index (χ1v) is 7.58. The maximum Gasteiger partial charge on any atom is 0.420 e. The molecule has 30 heavy (non-hydrogen) atoms. The van der Waals surface area contributed by atoms with Crippen LogP contribution in [0.2, 0.25) is 0 Å². The van der Waals surface area contributed by atoms with Gasteiger partial charge in [0.05, 0.1) is 20.1 Å². The predicted octanol–water partition coefficient (Wildman–Crippen LogP) is 5.55. The van der Waals surface area contributed by atoms with Crippen LogP contribution >= 0.6 is 0 Å². The monoisotopic (exact) mass is 480 g/mol. The summed E-state index contributed by atoms with van der Waals surface area (Å²) in [6, 6.07) is 0. The van der Waals surface area contributed by atoms with Gasteiger partial charge in [0.1, 0.15) is 13.3 Å². The quantitative estimate of drug-likeness (QED) is 0.367. The van der Waals surface area contributed by atoms with Crippen LogP contribution in [-0.2, 0) is 4.74 Å². The molecule has 0 radical (unpaired) electrons. The van der Waals surface area contributed by atoms with Crippen molar-refractivity contribution < 1.29 is 61.9 Å². The van der Waals surface area contributed by atoms with Crippen molar-refractivity contribution in [1.82, 2.24) is 10.0 Å². The molecule has 3 nitrogen and oxygen atoms in total. The summed E-state index contributed by atoms with van der Waals surface area (Å²) in [4.78, 5) is 1.75. The summed E-state index contributed by atoms with van der Waals surface area (Å²) in [7, 11) is 2.32. The molecule has 0 aromatic heterocycles. The third kappa shape index (κ3) is 11.0. The molecule has 1 aliphatic rings. The highest BCUT2D eigenvalue weighted by Crippen LogP contribution is 2.46. The number of nitrogens with zero attached hydrogens (tertiary/aromatic N) is 2. The molecule has 2 atom stereocenters. The molecule has 184 valence electrons. The van der Waals surface area contributed by atoms with E-state index >= 15 is 0 Å². The third-order valence-corrected chi connectivity index (χ3v) is 2.67. The molecule has 0 bridgehead atoms. The maximum absolute atomic E-state index is 12.8. The number of alkyl halides is 12. The van der Waals surface area contributed by atoms with Crippen LogP contribution < -0.4 is 0 Å². The van der Waals surface area contributed by atoms with E-state index in [1.165, 1.54) is 13.1 Å². The van der Waals surface area contributed by atoms with Gasteiger partial charge < -0.3 is 9.64 Å². The van der Waals surface area contributed by atoms with Crippen LogP contribution in [0, 0.1) is 0 Å². The van der Waals surface area contributed by atoms with Crippen LogP contribution in [-0.4, -0.2) is 81.4 Å². The Balaban J connectivity index is -0.000000494. The second-order valence-electron chi connectivity index (χ2n) is 4.93. The lowest BCUT2D eigenvalue weighted by molar-refractivity contribution is -0.350. The lowest BCUT2D eigenvalue weighted by atomic mass is 10.0. The van der Waals surface area contributed by atoms with E-state index in [4.69, 9.17) is 0 Å². The highest BCUT2D eigenvalue weighted by molar-refractivity contribution is 4.99. The normalized spacial score (nSPS) is 15.9. The third-order valence-electron chi connectivity index (χ3n) is 2.67. The molecule has 1 rings (SSSR count). The van der Waals surface area contributed by atoms with E-state index in [1.807, 2.05) is 7.05 Å². The second kappa shape index (κ2) is 15.2. The van der Waals surface area contributed by atoms with Crippen molar-refractivity contribution in [3.63, 3.8) is 0 Å². The lowest BCUT2D eigenvalue weighted by Gasteiger charge is -2.34. The van der Waals surface area contributed by atoms with E-state index in [9.17, 15) is 57.2 Å². The highest BCUT2D eigenvalue weighted by Gasteiger charge is 2.72. The minimum Gasteiger partial charge on any atom is -0.359 e. The average molecular weight is 480 g/mol. The number of hydrogen-bond acceptors (Lipinski definition) is 3. The van der Waals surface area contributed by atoms with Gasteiger partial charge in [-0.25, -0.2) is 13.2 Å². The molecule has 2 unspecified atom stereocenters. The van der Waals surface area contributed by atoms with Gasteiger partial charge in [-0.1, -0.05) is 4.48 Å². The molecule has 0 N–H and O–H groups in total. The average Bonchev–Trinajstić information content (AvgIpc) is 3.03. The highest BCUT2D eigenvalue weighted by atomic mass is 19.4. The Bertz CT molecular complexity index is 438. The summed E-state index contributed by atoms with van der Waals surface area (Å²) in [5.41, 5.74) is 0. The minimum atomic E-state index is -6.16. The van der Waals surface area contributed by atoms with Crippen LogP contribution in [0.3, 0.4) is 0 Å². The molecule has 1 heterocycles. The van der Waals surface area contributed by atoms with E-state index in [2.05, 4.69) is 4.74 Å². The number of halogens is 13. The van der Waals surface area contributed by atoms with Crippen molar-refractivity contribution in [2.24, 2.45) is 0 Å². The minimum absolute atomic E-state index is 0.250. The molecule has 0 aromatic rings. The zero-order valence-electron chi connectivity index (χ0n) is 15.9. The zero-order valence-corrected chi connectivity index (χ0v) is 15.9. The molecule has 0 amide bonds. The van der Waals surface area contributed by atoms with Gasteiger partial charge in [0, 0.05) is 13.2 Å². The maximum atomic E-state index is 12.8. The first-order chi connectivity index (χ1) is 13.6. The van der Waals surface area contributed by atoms with Crippen molar-refractivity contribution in [3.8, 4) is 0 Å². The van der Waals surface area contributed by atoms with Crippen LogP contribution in [0.1, 0.15) is 6.92 Å². The van der Waals surface area contributed by atoms with Gasteiger partial charge in [-0.2, -0.15) is 35.9 Å². The van der Waals surface area contributed by atoms with Crippen LogP contribution in [0.4, 0.5) is 57.2 Å². The topological polar surface area (TPSA) is 15.7 Å². The predicted molar refractivity (Wildman–Crippen MR) is 81.1 cm³/mol. The Morgan fingerprint density at radius 2 is 1.37 bits per heavy atom. The SMILES string of the molecule is CCF.CF.CN1C=CN(F)C1.FCOC(C(F)(F)F)C(F)(F)C(F)(F)C(F)CF. The Morgan fingerprint density at radius 3 is 1.57 bits per heavy atom. The summed E-state index contributed by atoms with van der Waals surface area (Å²) >= 11 is 0. The van der Waals surface area contributed by atoms with Gasteiger partial charge in [0.25, 0.3) is 0 Å². The van der Waals surface area contributed by atoms with Crippen molar-refractivity contribution in [1.29, 1.82) is 0 Å². The van der Waals surface area contributed by atoms with Crippen LogP contribution in [0.25, 0.3) is 0 Å². The zero-order chi connectivity index (χ0) is 24.8. The molecular weight excluding hydrogens is 459 g/mol. The molecular formula is C14H21F13N2O. The van der Waals surface area contributed by atoms with Gasteiger partial charge in [0.15, 0.2) is 13.0 Å². The van der Waals surface area contributed by atoms with E-state index < -0.39 is 43.8 Å². The van der Waals surface area contributed by atoms with Crippen molar-refractivity contribution in [3.05, 3.63) is 12.4 Å². The van der Waals surface area contributed by atoms with E-state index in [0.29, 0.717) is 19.0 Å². The Kier molecular flexibility index (Phi) is 16.8. The van der Waals surface area contributed by atoms with E-state index in [0.717, 1.165) is 0 Å². The van der Waals surface area contributed by atoms with Gasteiger partial charge in [-0.3, -0.25) is 8.78 Å².